The van der Waals surface area contributed by atoms with Crippen LogP contribution >= 0.6 is 15.9 Å². The Balaban J connectivity index is 2.37. The minimum Gasteiger partial charge on any atom is -0.478 e. The molecule has 0 spiro atoms. The van der Waals surface area contributed by atoms with Gasteiger partial charge in [-0.3, -0.25) is 4.90 Å². The molecule has 2 heterocycles. The molecule has 1 aromatic carbocycles. The van der Waals surface area contributed by atoms with Crippen molar-refractivity contribution in [2.45, 2.75) is 13.1 Å². The van der Waals surface area contributed by atoms with Crippen LogP contribution in [0.3, 0.4) is 0 Å². The number of benzene rings is 1. The summed E-state index contributed by atoms with van der Waals surface area (Å²) in [4.78, 5) is 13.7. The molecule has 5 heteroatoms. The molecule has 0 saturated heterocycles. The Morgan fingerprint density at radius 3 is 2.89 bits per heavy atom. The lowest BCUT2D eigenvalue weighted by Crippen LogP contribution is -2.30. The van der Waals surface area contributed by atoms with Crippen molar-refractivity contribution in [2.75, 3.05) is 13.6 Å². The quantitative estimate of drug-likeness (QED) is 0.880. The van der Waals surface area contributed by atoms with Crippen LogP contribution in [0.4, 0.5) is 0 Å². The SMILES string of the molecule is CN1CCn2c(c(C(=O)O)c3cc(Br)ccc32)C1. The van der Waals surface area contributed by atoms with E-state index >= 15 is 0 Å². The largest absolute Gasteiger partial charge is 0.478 e. The van der Waals surface area contributed by atoms with Crippen LogP contribution in [-0.4, -0.2) is 34.1 Å². The maximum absolute atomic E-state index is 11.5. The van der Waals surface area contributed by atoms with Crippen molar-refractivity contribution < 1.29 is 9.90 Å². The van der Waals surface area contributed by atoms with Crippen molar-refractivity contribution in [3.63, 3.8) is 0 Å². The molecule has 2 aromatic rings. The molecule has 0 aliphatic carbocycles. The average Bonchev–Trinajstić information content (AvgIpc) is 2.60. The van der Waals surface area contributed by atoms with Gasteiger partial charge in [-0.25, -0.2) is 4.79 Å². The summed E-state index contributed by atoms with van der Waals surface area (Å²) in [5.41, 5.74) is 2.36. The standard InChI is InChI=1S/C13H13BrN2O2/c1-15-4-5-16-10-3-2-8(14)6-9(10)12(13(17)18)11(16)7-15/h2-3,6H,4-5,7H2,1H3,(H,17,18). The van der Waals surface area contributed by atoms with Crippen LogP contribution in [0.5, 0.6) is 0 Å². The van der Waals surface area contributed by atoms with Gasteiger partial charge in [-0.1, -0.05) is 15.9 Å². The van der Waals surface area contributed by atoms with Gasteiger partial charge in [0.15, 0.2) is 0 Å². The van der Waals surface area contributed by atoms with Crippen LogP contribution in [0.15, 0.2) is 22.7 Å². The fourth-order valence-corrected chi connectivity index (χ4v) is 3.00. The lowest BCUT2D eigenvalue weighted by molar-refractivity contribution is 0.0695. The first kappa shape index (κ1) is 11.7. The Morgan fingerprint density at radius 2 is 2.17 bits per heavy atom. The van der Waals surface area contributed by atoms with Crippen LogP contribution in [0.1, 0.15) is 16.1 Å². The average molecular weight is 309 g/mol. The van der Waals surface area contributed by atoms with Crippen molar-refractivity contribution in [3.05, 3.63) is 33.9 Å². The number of halogens is 1. The molecule has 0 bridgehead atoms. The summed E-state index contributed by atoms with van der Waals surface area (Å²) in [7, 11) is 2.02. The monoisotopic (exact) mass is 308 g/mol. The Morgan fingerprint density at radius 1 is 1.39 bits per heavy atom. The van der Waals surface area contributed by atoms with Gasteiger partial charge in [0.1, 0.15) is 0 Å². The third-order valence-electron chi connectivity index (χ3n) is 3.47. The predicted molar refractivity (Wildman–Crippen MR) is 72.9 cm³/mol. The van der Waals surface area contributed by atoms with Gasteiger partial charge in [-0.05, 0) is 25.2 Å². The van der Waals surface area contributed by atoms with Gasteiger partial charge in [0.2, 0.25) is 0 Å². The number of likely N-dealkylation sites (N-methyl/N-ethyl adjacent to an activating group) is 1. The first-order valence-corrected chi connectivity index (χ1v) is 6.59. The highest BCUT2D eigenvalue weighted by molar-refractivity contribution is 9.10. The number of fused-ring (bicyclic) bond motifs is 3. The summed E-state index contributed by atoms with van der Waals surface area (Å²) >= 11 is 3.41. The first-order chi connectivity index (χ1) is 8.58. The molecular weight excluding hydrogens is 296 g/mol. The number of carboxylic acids is 1. The molecule has 1 aromatic heterocycles. The lowest BCUT2D eigenvalue weighted by Gasteiger charge is -2.25. The summed E-state index contributed by atoms with van der Waals surface area (Å²) in [6.45, 7) is 2.48. The molecule has 1 N–H and O–H groups in total. The molecular formula is C13H13BrN2O2. The van der Waals surface area contributed by atoms with Gasteiger partial charge in [0, 0.05) is 40.7 Å². The summed E-state index contributed by atoms with van der Waals surface area (Å²) < 4.78 is 3.04. The molecule has 0 amide bonds. The number of carboxylic acid groups (broad SMARTS) is 1. The Bertz CT molecular complexity index is 648. The molecule has 1 aliphatic heterocycles. The van der Waals surface area contributed by atoms with Gasteiger partial charge in [-0.2, -0.15) is 0 Å². The van der Waals surface area contributed by atoms with Crippen LogP contribution in [0.25, 0.3) is 10.9 Å². The molecule has 0 atom stereocenters. The van der Waals surface area contributed by atoms with E-state index < -0.39 is 5.97 Å². The Labute approximate surface area is 113 Å². The van der Waals surface area contributed by atoms with Gasteiger partial charge in [0.05, 0.1) is 5.56 Å². The van der Waals surface area contributed by atoms with E-state index in [1.54, 1.807) is 0 Å². The van der Waals surface area contributed by atoms with E-state index in [-0.39, 0.29) is 0 Å². The number of hydrogen-bond acceptors (Lipinski definition) is 2. The molecule has 0 unspecified atom stereocenters. The topological polar surface area (TPSA) is 45.5 Å². The number of rotatable bonds is 1. The van der Waals surface area contributed by atoms with E-state index in [9.17, 15) is 9.90 Å². The first-order valence-electron chi connectivity index (χ1n) is 5.80. The number of hydrogen-bond donors (Lipinski definition) is 1. The number of nitrogens with zero attached hydrogens (tertiary/aromatic N) is 2. The molecule has 0 saturated carbocycles. The van der Waals surface area contributed by atoms with E-state index in [0.29, 0.717) is 12.1 Å². The van der Waals surface area contributed by atoms with Crippen LogP contribution < -0.4 is 0 Å². The molecule has 1 aliphatic rings. The summed E-state index contributed by atoms with van der Waals surface area (Å²) in [5, 5.41) is 10.3. The van der Waals surface area contributed by atoms with E-state index in [0.717, 1.165) is 34.2 Å². The summed E-state index contributed by atoms with van der Waals surface area (Å²) in [6.07, 6.45) is 0. The van der Waals surface area contributed by atoms with Crippen LogP contribution in [0, 0.1) is 0 Å². The van der Waals surface area contributed by atoms with Crippen LogP contribution in [-0.2, 0) is 13.1 Å². The fraction of sp³-hybridized carbons (Fsp3) is 0.308. The van der Waals surface area contributed by atoms with Gasteiger partial charge < -0.3 is 9.67 Å². The molecule has 3 rings (SSSR count). The van der Waals surface area contributed by atoms with Crippen molar-refractivity contribution >= 4 is 32.8 Å². The van der Waals surface area contributed by atoms with E-state index in [2.05, 4.69) is 25.4 Å². The van der Waals surface area contributed by atoms with Crippen LogP contribution in [0.2, 0.25) is 0 Å². The zero-order chi connectivity index (χ0) is 12.9. The highest BCUT2D eigenvalue weighted by Crippen LogP contribution is 2.31. The molecule has 4 nitrogen and oxygen atoms in total. The molecule has 0 fully saturated rings. The molecule has 0 radical (unpaired) electrons. The maximum Gasteiger partial charge on any atom is 0.338 e. The van der Waals surface area contributed by atoms with E-state index in [1.807, 2.05) is 25.2 Å². The third kappa shape index (κ3) is 1.66. The fourth-order valence-electron chi connectivity index (χ4n) is 2.64. The molecule has 94 valence electrons. The number of aromatic nitrogens is 1. The van der Waals surface area contributed by atoms with Gasteiger partial charge in [0.25, 0.3) is 0 Å². The second kappa shape index (κ2) is 4.10. The normalized spacial score (nSPS) is 15.9. The highest BCUT2D eigenvalue weighted by atomic mass is 79.9. The van der Waals surface area contributed by atoms with Gasteiger partial charge in [-0.15, -0.1) is 0 Å². The van der Waals surface area contributed by atoms with Gasteiger partial charge >= 0.3 is 5.97 Å². The second-order valence-corrected chi connectivity index (χ2v) is 5.59. The number of aromatic carboxylic acids is 1. The lowest BCUT2D eigenvalue weighted by atomic mass is 10.1. The second-order valence-electron chi connectivity index (χ2n) is 4.68. The van der Waals surface area contributed by atoms with Crippen molar-refractivity contribution in [1.29, 1.82) is 0 Å². The van der Waals surface area contributed by atoms with Crippen molar-refractivity contribution in [3.8, 4) is 0 Å². The minimum atomic E-state index is -0.845. The number of carbonyl (C=O) groups is 1. The zero-order valence-electron chi connectivity index (χ0n) is 9.98. The van der Waals surface area contributed by atoms with Crippen molar-refractivity contribution in [1.82, 2.24) is 9.47 Å². The zero-order valence-corrected chi connectivity index (χ0v) is 11.6. The van der Waals surface area contributed by atoms with Crippen molar-refractivity contribution in [2.24, 2.45) is 0 Å². The summed E-state index contributed by atoms with van der Waals surface area (Å²) in [5.74, 6) is -0.845. The summed E-state index contributed by atoms with van der Waals surface area (Å²) in [6, 6.07) is 5.84. The Hall–Kier alpha value is -1.33. The van der Waals surface area contributed by atoms with E-state index in [1.165, 1.54) is 0 Å². The molecule has 18 heavy (non-hydrogen) atoms. The maximum atomic E-state index is 11.5. The highest BCUT2D eigenvalue weighted by Gasteiger charge is 2.25. The minimum absolute atomic E-state index is 0.442. The van der Waals surface area contributed by atoms with E-state index in [4.69, 9.17) is 0 Å². The Kier molecular flexibility index (Phi) is 2.68. The third-order valence-corrected chi connectivity index (χ3v) is 3.97. The predicted octanol–water partition coefficient (Wildman–Crippen LogP) is 2.55. The smallest absolute Gasteiger partial charge is 0.338 e.